The summed E-state index contributed by atoms with van der Waals surface area (Å²) >= 11 is 3.32. The van der Waals surface area contributed by atoms with Gasteiger partial charge in [0.1, 0.15) is 0 Å². The Hall–Kier alpha value is 0.330. The SMILES string of the molecule is CC(=O)[S+]([O-])S. The fraction of sp³-hybridized carbons (Fsp3) is 0.500. The molecule has 0 aliphatic heterocycles. The van der Waals surface area contributed by atoms with Crippen molar-refractivity contribution in [3.05, 3.63) is 0 Å². The van der Waals surface area contributed by atoms with Gasteiger partial charge in [0, 0.05) is 6.92 Å². The summed E-state index contributed by atoms with van der Waals surface area (Å²) in [4.78, 5) is 9.77. The van der Waals surface area contributed by atoms with E-state index in [9.17, 15) is 9.35 Å². The molecule has 0 saturated carbocycles. The molecule has 0 rings (SSSR count). The molecule has 0 aliphatic rings. The molecule has 4 heteroatoms. The zero-order chi connectivity index (χ0) is 5.15. The van der Waals surface area contributed by atoms with E-state index in [-0.39, 0.29) is 0 Å². The van der Waals surface area contributed by atoms with Crippen molar-refractivity contribution in [1.29, 1.82) is 0 Å². The van der Waals surface area contributed by atoms with Crippen LogP contribution in [0.25, 0.3) is 0 Å². The summed E-state index contributed by atoms with van der Waals surface area (Å²) in [5, 5.41) is -0.404. The largest absolute Gasteiger partial charge is 0.598 e. The highest BCUT2D eigenvalue weighted by Crippen LogP contribution is 1.93. The van der Waals surface area contributed by atoms with E-state index in [4.69, 9.17) is 0 Å². The third-order valence-electron chi connectivity index (χ3n) is 0.246. The monoisotopic (exact) mass is 124 g/mol. The molecule has 0 spiro atoms. The molecule has 1 unspecified atom stereocenters. The Bertz CT molecular complexity index is 60.6. The van der Waals surface area contributed by atoms with E-state index in [1.807, 2.05) is 0 Å². The van der Waals surface area contributed by atoms with Gasteiger partial charge in [0.15, 0.2) is 0 Å². The highest BCUT2D eigenvalue weighted by Gasteiger charge is 2.03. The molecule has 0 radical (unpaired) electrons. The highest BCUT2D eigenvalue weighted by atomic mass is 33.1. The Labute approximate surface area is 43.9 Å². The lowest BCUT2D eigenvalue weighted by Gasteiger charge is -1.89. The number of carbonyl (C=O) groups is 1. The lowest BCUT2D eigenvalue weighted by atomic mass is 10.9. The minimum Gasteiger partial charge on any atom is -0.598 e. The van der Waals surface area contributed by atoms with Crippen LogP contribution in [0.4, 0.5) is 0 Å². The van der Waals surface area contributed by atoms with Crippen molar-refractivity contribution >= 4 is 27.0 Å². The van der Waals surface area contributed by atoms with Crippen LogP contribution >= 0.6 is 11.7 Å². The lowest BCUT2D eigenvalue weighted by Crippen LogP contribution is -2.00. The van der Waals surface area contributed by atoms with E-state index in [1.54, 1.807) is 0 Å². The van der Waals surface area contributed by atoms with Gasteiger partial charge in [-0.15, -0.1) is 0 Å². The standard InChI is InChI=1S/C2H4O2S2/c1-2(3)6(4)5/h1H3,(H,4,5). The van der Waals surface area contributed by atoms with Gasteiger partial charge in [0.05, 0.1) is 21.9 Å². The van der Waals surface area contributed by atoms with Gasteiger partial charge in [-0.2, -0.15) is 0 Å². The van der Waals surface area contributed by atoms with E-state index >= 15 is 0 Å². The first-order valence-corrected chi connectivity index (χ1v) is 3.46. The molecule has 0 bridgehead atoms. The normalized spacial score (nSPS) is 13.8. The molecular formula is C2H4O2S2. The van der Waals surface area contributed by atoms with Crippen LogP contribution in [0.15, 0.2) is 0 Å². The van der Waals surface area contributed by atoms with Crippen molar-refractivity contribution in [1.82, 2.24) is 0 Å². The Balaban J connectivity index is 3.26. The maximum atomic E-state index is 9.77. The van der Waals surface area contributed by atoms with Crippen molar-refractivity contribution in [3.8, 4) is 0 Å². The molecule has 1 atom stereocenters. The summed E-state index contributed by atoms with van der Waals surface area (Å²) in [6.45, 7) is 1.23. The average Bonchev–Trinajstić information content (AvgIpc) is 1.36. The molecule has 0 fully saturated rings. The first-order valence-electron chi connectivity index (χ1n) is 1.26. The average molecular weight is 124 g/mol. The van der Waals surface area contributed by atoms with E-state index in [1.165, 1.54) is 6.92 Å². The van der Waals surface area contributed by atoms with Crippen molar-refractivity contribution < 1.29 is 9.35 Å². The molecular weight excluding hydrogens is 120 g/mol. The predicted octanol–water partition coefficient (Wildman–Crippen LogP) is 0.126. The van der Waals surface area contributed by atoms with E-state index in [0.29, 0.717) is 0 Å². The van der Waals surface area contributed by atoms with Crippen molar-refractivity contribution in [2.45, 2.75) is 6.92 Å². The summed E-state index contributed by atoms with van der Waals surface area (Å²) < 4.78 is 9.77. The number of carbonyl (C=O) groups excluding carboxylic acids is 1. The molecule has 0 heterocycles. The minimum atomic E-state index is -1.56. The Morgan fingerprint density at radius 3 is 2.17 bits per heavy atom. The second kappa shape index (κ2) is 2.49. The first kappa shape index (κ1) is 6.33. The Kier molecular flexibility index (Phi) is 2.63. The molecule has 0 aromatic heterocycles. The number of rotatable bonds is 0. The van der Waals surface area contributed by atoms with Crippen molar-refractivity contribution in [3.63, 3.8) is 0 Å². The van der Waals surface area contributed by atoms with E-state index in [2.05, 4.69) is 11.7 Å². The quantitative estimate of drug-likeness (QED) is 0.283. The van der Waals surface area contributed by atoms with Gasteiger partial charge in [0.2, 0.25) is 0 Å². The van der Waals surface area contributed by atoms with Crippen molar-refractivity contribution in [2.75, 3.05) is 0 Å². The highest BCUT2D eigenvalue weighted by molar-refractivity contribution is 8.69. The van der Waals surface area contributed by atoms with Gasteiger partial charge in [0.25, 0.3) is 0 Å². The van der Waals surface area contributed by atoms with Crippen LogP contribution in [0, 0.1) is 0 Å². The van der Waals surface area contributed by atoms with Crippen LogP contribution in [0.5, 0.6) is 0 Å². The van der Waals surface area contributed by atoms with Gasteiger partial charge < -0.3 is 4.55 Å². The molecule has 36 valence electrons. The second-order valence-corrected chi connectivity index (χ2v) is 2.81. The molecule has 6 heavy (non-hydrogen) atoms. The van der Waals surface area contributed by atoms with Crippen LogP contribution in [0.3, 0.4) is 0 Å². The number of thiol groups is 1. The summed E-state index contributed by atoms with van der Waals surface area (Å²) in [5.41, 5.74) is 0. The number of hydrogen-bond donors (Lipinski definition) is 1. The first-order chi connectivity index (χ1) is 2.64. The summed E-state index contributed by atoms with van der Waals surface area (Å²) in [6.07, 6.45) is 0. The van der Waals surface area contributed by atoms with E-state index in [0.717, 1.165) is 0 Å². The lowest BCUT2D eigenvalue weighted by molar-refractivity contribution is -0.109. The Morgan fingerprint density at radius 1 is 2.00 bits per heavy atom. The number of hydrogen-bond acceptors (Lipinski definition) is 3. The predicted molar refractivity (Wildman–Crippen MR) is 27.8 cm³/mol. The third-order valence-corrected chi connectivity index (χ3v) is 1.51. The van der Waals surface area contributed by atoms with Crippen LogP contribution in [0.2, 0.25) is 0 Å². The van der Waals surface area contributed by atoms with E-state index < -0.39 is 15.3 Å². The molecule has 0 aromatic rings. The van der Waals surface area contributed by atoms with Crippen molar-refractivity contribution in [2.24, 2.45) is 0 Å². The summed E-state index contributed by atoms with van der Waals surface area (Å²) in [7, 11) is -1.56. The van der Waals surface area contributed by atoms with Gasteiger partial charge in [-0.3, -0.25) is 0 Å². The molecule has 0 saturated heterocycles. The fourth-order valence-electron chi connectivity index (χ4n) is 0. The molecule has 0 aromatic carbocycles. The smallest absolute Gasteiger partial charge is 0.338 e. The zero-order valence-corrected chi connectivity index (χ0v) is 4.88. The molecule has 0 amide bonds. The maximum absolute atomic E-state index is 9.77. The van der Waals surface area contributed by atoms with Crippen LogP contribution in [0.1, 0.15) is 6.92 Å². The van der Waals surface area contributed by atoms with Gasteiger partial charge >= 0.3 is 5.12 Å². The summed E-state index contributed by atoms with van der Waals surface area (Å²) in [6, 6.07) is 0. The topological polar surface area (TPSA) is 40.1 Å². The fourth-order valence-corrected chi connectivity index (χ4v) is 0. The maximum Gasteiger partial charge on any atom is 0.338 e. The van der Waals surface area contributed by atoms with Gasteiger partial charge in [-0.25, -0.2) is 4.79 Å². The molecule has 2 nitrogen and oxygen atoms in total. The van der Waals surface area contributed by atoms with Crippen LogP contribution < -0.4 is 0 Å². The van der Waals surface area contributed by atoms with Gasteiger partial charge in [-0.05, 0) is 0 Å². The van der Waals surface area contributed by atoms with Crippen LogP contribution in [-0.4, -0.2) is 9.67 Å². The summed E-state index contributed by atoms with van der Waals surface area (Å²) in [5.74, 6) is 0. The zero-order valence-electron chi connectivity index (χ0n) is 3.17. The molecule has 0 aliphatic carbocycles. The van der Waals surface area contributed by atoms with Crippen LogP contribution in [-0.2, 0) is 15.0 Å². The third kappa shape index (κ3) is 2.56. The Morgan fingerprint density at radius 2 is 2.17 bits per heavy atom. The minimum absolute atomic E-state index is 0.404. The van der Waals surface area contributed by atoms with Gasteiger partial charge in [-0.1, -0.05) is 0 Å². The second-order valence-electron chi connectivity index (χ2n) is 0.741. The molecule has 0 N–H and O–H groups in total.